The minimum absolute atomic E-state index is 0.313. The summed E-state index contributed by atoms with van der Waals surface area (Å²) in [6, 6.07) is 9.18. The maximum absolute atomic E-state index is 2.31. The van der Waals surface area contributed by atoms with Crippen molar-refractivity contribution in [2.45, 2.75) is 72.6 Å². The monoisotopic (exact) mass is 234 g/mol. The molecule has 0 spiro atoms. The number of rotatable bonds is 4. The predicted octanol–water partition coefficient (Wildman–Crippen LogP) is 5.91. The molecule has 0 aliphatic rings. The lowest BCUT2D eigenvalue weighted by atomic mass is 9.81. The van der Waals surface area contributed by atoms with E-state index in [-0.39, 0.29) is 0 Å². The third-order valence-corrected chi connectivity index (χ3v) is 3.76. The van der Waals surface area contributed by atoms with Gasteiger partial charge in [-0.25, -0.2) is 0 Å². The molecule has 0 heterocycles. The summed E-state index contributed by atoms with van der Waals surface area (Å²) < 4.78 is 0. The Labute approximate surface area is 108 Å². The van der Waals surface area contributed by atoms with Crippen LogP contribution in [0.5, 0.6) is 0 Å². The van der Waals surface area contributed by atoms with Gasteiger partial charge in [0.05, 0.1) is 0 Å². The highest BCUT2D eigenvalue weighted by Crippen LogP contribution is 2.28. The summed E-state index contributed by atoms with van der Waals surface area (Å²) >= 11 is 0. The van der Waals surface area contributed by atoms with E-state index in [1.54, 1.807) is 0 Å². The molecule has 0 heteroatoms. The van der Waals surface area contributed by atoms with Crippen molar-refractivity contribution in [3.8, 4) is 0 Å². The van der Waals surface area contributed by atoms with E-state index >= 15 is 0 Å². The maximum Gasteiger partial charge on any atom is -0.0106 e. The molecule has 0 aliphatic heterocycles. The van der Waals surface area contributed by atoms with E-state index in [0.717, 1.165) is 0 Å². The quantitative estimate of drug-likeness (QED) is 0.607. The number of hydrogen-bond acceptors (Lipinski definition) is 0. The third kappa shape index (κ3) is 4.53. The lowest BCUT2D eigenvalue weighted by Gasteiger charge is -2.24. The molecule has 0 aromatic heterocycles. The van der Waals surface area contributed by atoms with E-state index in [2.05, 4.69) is 58.9 Å². The Morgan fingerprint density at radius 2 is 1.47 bits per heavy atom. The van der Waals surface area contributed by atoms with Crippen LogP contribution in [0.25, 0.3) is 0 Å². The fourth-order valence-corrected chi connectivity index (χ4v) is 1.70. The van der Waals surface area contributed by atoms with Gasteiger partial charge < -0.3 is 0 Å². The summed E-state index contributed by atoms with van der Waals surface area (Å²) in [7, 11) is 0. The van der Waals surface area contributed by atoms with Crippen molar-refractivity contribution in [2.24, 2.45) is 0 Å². The highest BCUT2D eigenvalue weighted by Gasteiger charge is 2.17. The lowest BCUT2D eigenvalue weighted by Crippen LogP contribution is -2.15. The Balaban J connectivity index is 0.00000121. The van der Waals surface area contributed by atoms with E-state index in [4.69, 9.17) is 0 Å². The molecule has 1 rings (SSSR count). The van der Waals surface area contributed by atoms with Crippen molar-refractivity contribution in [2.75, 3.05) is 0 Å². The third-order valence-electron chi connectivity index (χ3n) is 3.76. The number of hydrogen-bond donors (Lipinski definition) is 0. The average molecular weight is 234 g/mol. The molecule has 0 amide bonds. The van der Waals surface area contributed by atoms with Crippen molar-refractivity contribution >= 4 is 0 Å². The highest BCUT2D eigenvalue weighted by molar-refractivity contribution is 5.29. The summed E-state index contributed by atoms with van der Waals surface area (Å²) in [5.74, 6) is 0.684. The van der Waals surface area contributed by atoms with Crippen molar-refractivity contribution in [1.82, 2.24) is 0 Å². The van der Waals surface area contributed by atoms with E-state index in [0.29, 0.717) is 11.3 Å². The number of benzene rings is 1. The molecule has 0 bridgehead atoms. The van der Waals surface area contributed by atoms with Crippen molar-refractivity contribution < 1.29 is 0 Å². The standard InChI is InChI=1S/C15H24.C2H6/c1-6-12(3)13-8-10-14(11-9-13)15(4,5)7-2;1-2/h8-12H,6-7H2,1-5H3;1-2H3. The van der Waals surface area contributed by atoms with Gasteiger partial charge in [-0.1, -0.05) is 72.7 Å². The van der Waals surface area contributed by atoms with Crippen LogP contribution in [-0.2, 0) is 5.41 Å². The lowest BCUT2D eigenvalue weighted by molar-refractivity contribution is 0.506. The Morgan fingerprint density at radius 1 is 1.00 bits per heavy atom. The SMILES string of the molecule is CC.CCC(C)c1ccc(C(C)(C)CC)cc1. The van der Waals surface area contributed by atoms with Crippen LogP contribution in [0.1, 0.15) is 78.4 Å². The molecule has 0 saturated heterocycles. The molecule has 1 atom stereocenters. The van der Waals surface area contributed by atoms with Crippen LogP contribution in [0, 0.1) is 0 Å². The van der Waals surface area contributed by atoms with Gasteiger partial charge in [0.15, 0.2) is 0 Å². The van der Waals surface area contributed by atoms with Crippen LogP contribution in [0.15, 0.2) is 24.3 Å². The second-order valence-corrected chi connectivity index (χ2v) is 5.17. The summed E-state index contributed by atoms with van der Waals surface area (Å²) in [4.78, 5) is 0. The second kappa shape index (κ2) is 7.53. The van der Waals surface area contributed by atoms with Gasteiger partial charge >= 0.3 is 0 Å². The molecule has 1 aromatic carbocycles. The molecule has 1 aromatic rings. The van der Waals surface area contributed by atoms with E-state index in [9.17, 15) is 0 Å². The highest BCUT2D eigenvalue weighted by atomic mass is 14.2. The van der Waals surface area contributed by atoms with Gasteiger partial charge in [-0.05, 0) is 35.3 Å². The van der Waals surface area contributed by atoms with Gasteiger partial charge in [0.1, 0.15) is 0 Å². The van der Waals surface area contributed by atoms with Crippen molar-refractivity contribution in [1.29, 1.82) is 0 Å². The molecule has 0 N–H and O–H groups in total. The Morgan fingerprint density at radius 3 is 1.82 bits per heavy atom. The van der Waals surface area contributed by atoms with E-state index in [1.807, 2.05) is 13.8 Å². The molecule has 0 nitrogen and oxygen atoms in total. The van der Waals surface area contributed by atoms with Gasteiger partial charge in [0, 0.05) is 0 Å². The minimum atomic E-state index is 0.313. The summed E-state index contributed by atoms with van der Waals surface area (Å²) in [5.41, 5.74) is 3.23. The van der Waals surface area contributed by atoms with Gasteiger partial charge in [0.25, 0.3) is 0 Å². The molecule has 17 heavy (non-hydrogen) atoms. The van der Waals surface area contributed by atoms with Crippen LogP contribution in [0.3, 0.4) is 0 Å². The second-order valence-electron chi connectivity index (χ2n) is 5.17. The molecule has 0 aliphatic carbocycles. The predicted molar refractivity (Wildman–Crippen MR) is 79.8 cm³/mol. The fourth-order valence-electron chi connectivity index (χ4n) is 1.70. The zero-order valence-corrected chi connectivity index (χ0v) is 12.8. The van der Waals surface area contributed by atoms with Gasteiger partial charge in [-0.3, -0.25) is 0 Å². The summed E-state index contributed by atoms with van der Waals surface area (Å²) in [6.45, 7) is 15.4. The maximum atomic E-state index is 2.31. The first-order chi connectivity index (χ1) is 8.01. The zero-order valence-electron chi connectivity index (χ0n) is 12.8. The topological polar surface area (TPSA) is 0 Å². The first-order valence-corrected chi connectivity index (χ1v) is 7.11. The van der Waals surface area contributed by atoms with Crippen molar-refractivity contribution in [3.05, 3.63) is 35.4 Å². The first kappa shape index (κ1) is 16.2. The van der Waals surface area contributed by atoms with Crippen LogP contribution in [-0.4, -0.2) is 0 Å². The fraction of sp³-hybridized carbons (Fsp3) is 0.647. The molecule has 0 saturated carbocycles. The molecular formula is C17H30. The van der Waals surface area contributed by atoms with E-state index < -0.39 is 0 Å². The molecule has 98 valence electrons. The molecule has 1 unspecified atom stereocenters. The average Bonchev–Trinajstić information content (AvgIpc) is 2.40. The first-order valence-electron chi connectivity index (χ1n) is 7.11. The molecule has 0 fully saturated rings. The Hall–Kier alpha value is -0.780. The summed E-state index contributed by atoms with van der Waals surface area (Å²) in [6.07, 6.45) is 2.41. The Kier molecular flexibility index (Phi) is 7.18. The largest absolute Gasteiger partial charge is 0.0683 e. The minimum Gasteiger partial charge on any atom is -0.0683 e. The van der Waals surface area contributed by atoms with Crippen molar-refractivity contribution in [3.63, 3.8) is 0 Å². The van der Waals surface area contributed by atoms with Crippen LogP contribution >= 0.6 is 0 Å². The van der Waals surface area contributed by atoms with Gasteiger partial charge in [-0.15, -0.1) is 0 Å². The van der Waals surface area contributed by atoms with Gasteiger partial charge in [0.2, 0.25) is 0 Å². The van der Waals surface area contributed by atoms with Crippen LogP contribution in [0.2, 0.25) is 0 Å². The smallest absolute Gasteiger partial charge is 0.0106 e. The normalized spacial score (nSPS) is 12.6. The molecule has 0 radical (unpaired) electrons. The summed E-state index contributed by atoms with van der Waals surface area (Å²) in [5, 5.41) is 0. The van der Waals surface area contributed by atoms with Crippen LogP contribution < -0.4 is 0 Å². The zero-order chi connectivity index (χ0) is 13.5. The van der Waals surface area contributed by atoms with Crippen LogP contribution in [0.4, 0.5) is 0 Å². The van der Waals surface area contributed by atoms with E-state index in [1.165, 1.54) is 24.0 Å². The molecular weight excluding hydrogens is 204 g/mol. The Bertz CT molecular complexity index is 292. The van der Waals surface area contributed by atoms with Gasteiger partial charge in [-0.2, -0.15) is 0 Å².